The molecule has 0 saturated carbocycles. The molecule has 0 bridgehead atoms. The van der Waals surface area contributed by atoms with E-state index in [-0.39, 0.29) is 20.3 Å². The van der Waals surface area contributed by atoms with Gasteiger partial charge in [-0.05, 0) is 0 Å². The molecule has 0 aliphatic heterocycles. The third-order valence-electron chi connectivity index (χ3n) is 0. The van der Waals surface area contributed by atoms with E-state index in [2.05, 4.69) is 0 Å². The first-order chi connectivity index (χ1) is 3.15. The monoisotopic (exact) mass is 122 g/mol. The summed E-state index contributed by atoms with van der Waals surface area (Å²) in [5, 5.41) is 21.5. The van der Waals surface area contributed by atoms with E-state index in [1.54, 1.807) is 0 Å². The first kappa shape index (κ1) is 15.8. The molecule has 0 fully saturated rings. The normalized spacial score (nSPS) is 5.62. The van der Waals surface area contributed by atoms with Crippen molar-refractivity contribution in [1.82, 2.24) is 0 Å². The van der Waals surface area contributed by atoms with Gasteiger partial charge in [0.15, 0.2) is 0 Å². The van der Waals surface area contributed by atoms with Gasteiger partial charge in [0, 0.05) is 0 Å². The van der Waals surface area contributed by atoms with Crippen LogP contribution in [0.25, 0.3) is 0 Å². The van der Waals surface area contributed by atoms with Crippen molar-refractivity contribution in [3.63, 3.8) is 0 Å². The van der Waals surface area contributed by atoms with Crippen LogP contribution in [-0.4, -0.2) is 29.3 Å². The van der Waals surface area contributed by atoms with Crippen molar-refractivity contribution in [2.75, 3.05) is 6.93 Å². The molecule has 8 heavy (non-hydrogen) atoms. The Morgan fingerprint density at radius 3 is 1.25 bits per heavy atom. The third-order valence-corrected chi connectivity index (χ3v) is 0. The van der Waals surface area contributed by atoms with Crippen molar-refractivity contribution in [2.24, 2.45) is 0 Å². The third kappa shape index (κ3) is 1150. The van der Waals surface area contributed by atoms with Crippen molar-refractivity contribution in [1.29, 1.82) is 0 Å². The second kappa shape index (κ2) is 15.7. The van der Waals surface area contributed by atoms with Crippen molar-refractivity contribution < 1.29 is 44.1 Å². The minimum Gasteiger partial charge on any atom is -1.00 e. The molecule has 0 atom stereocenters. The molecule has 0 radical (unpaired) electrons. The molecule has 0 rings (SSSR count). The van der Waals surface area contributed by atoms with E-state index in [1.807, 2.05) is 0 Å². The van der Waals surface area contributed by atoms with Gasteiger partial charge in [-0.2, -0.15) is 0 Å². The van der Waals surface area contributed by atoms with E-state index in [4.69, 9.17) is 15.1 Å². The van der Waals surface area contributed by atoms with Gasteiger partial charge < -0.3 is 16.5 Å². The number of halogens is 2. The maximum atomic E-state index is 9.62. The number of rotatable bonds is 0. The molecule has 0 saturated heterocycles. The predicted molar refractivity (Wildman–Crippen MR) is 20.6 cm³/mol. The molecule has 0 heterocycles. The molecule has 7 heteroatoms. The summed E-state index contributed by atoms with van der Waals surface area (Å²) in [4.78, 5) is 0. The fourth-order valence-electron chi connectivity index (χ4n) is 0. The minimum atomic E-state index is -2.17. The summed E-state index contributed by atoms with van der Waals surface area (Å²) in [6.45, 7) is -1.75. The summed E-state index contributed by atoms with van der Waals surface area (Å²) >= 11 is 0. The van der Waals surface area contributed by atoms with Crippen LogP contribution < -0.4 is 18.9 Å². The molecular weight excluding hydrogens is 116 g/mol. The number of hydrogen-bond donors (Lipinski definition) is 3. The maximum absolute atomic E-state index is 9.62. The zero-order valence-electron chi connectivity index (χ0n) is 5.38. The molecule has 0 amide bonds. The second-order valence-corrected chi connectivity index (χ2v) is 0.447. The Labute approximate surface area is 59.2 Å². The number of alkyl halides is 2. The van der Waals surface area contributed by atoms with Gasteiger partial charge in [0.25, 0.3) is 0 Å². The fraction of sp³-hybridized carbons (Fsp3) is 1.00. The molecule has 0 aromatic carbocycles. The van der Waals surface area contributed by atoms with Crippen LogP contribution in [0.1, 0.15) is 1.43 Å². The Hall–Kier alpha value is 0.402. The van der Waals surface area contributed by atoms with Crippen molar-refractivity contribution in [2.45, 2.75) is 0 Å². The molecule has 0 aromatic heterocycles. The van der Waals surface area contributed by atoms with Gasteiger partial charge in [-0.1, -0.05) is 0 Å². The van der Waals surface area contributed by atoms with Crippen LogP contribution in [-0.2, 0) is 0 Å². The zero-order chi connectivity index (χ0) is 6.28. The molecule has 3 N–H and O–H groups in total. The Balaban J connectivity index is -0.0000000233. The van der Waals surface area contributed by atoms with Gasteiger partial charge in [0.1, 0.15) is 0 Å². The van der Waals surface area contributed by atoms with Crippen LogP contribution >= 0.6 is 0 Å². The van der Waals surface area contributed by atoms with E-state index in [0.29, 0.717) is 0 Å². The summed E-state index contributed by atoms with van der Waals surface area (Å²) < 4.78 is 19.2. The van der Waals surface area contributed by atoms with Gasteiger partial charge in [0.2, 0.25) is 6.93 Å². The fourth-order valence-corrected chi connectivity index (χ4v) is 0. The molecule has 0 aliphatic carbocycles. The molecular formula is CH6BF2LiO3. The standard InChI is InChI=1S/CH2F2.BH3O3.Li.H/c2-1-3;2-1(3)4;;/h1H2;2-4H;;/q;;+1;-1. The molecule has 0 unspecified atom stereocenters. The summed E-state index contributed by atoms with van der Waals surface area (Å²) in [6.07, 6.45) is 0. The largest absolute Gasteiger partial charge is 1.00 e. The van der Waals surface area contributed by atoms with Crippen LogP contribution in [0.15, 0.2) is 0 Å². The predicted octanol–water partition coefficient (Wildman–Crippen LogP) is -4.05. The summed E-state index contributed by atoms with van der Waals surface area (Å²) in [5.41, 5.74) is 0. The van der Waals surface area contributed by atoms with E-state index < -0.39 is 14.2 Å². The van der Waals surface area contributed by atoms with Crippen molar-refractivity contribution in [3.8, 4) is 0 Å². The molecule has 0 spiro atoms. The van der Waals surface area contributed by atoms with Crippen LogP contribution in [0, 0.1) is 0 Å². The Morgan fingerprint density at radius 2 is 1.25 bits per heavy atom. The van der Waals surface area contributed by atoms with Gasteiger partial charge >= 0.3 is 26.2 Å². The minimum absolute atomic E-state index is 0. The average Bonchev–Trinajstić information content (AvgIpc) is 1.33. The van der Waals surface area contributed by atoms with Crippen molar-refractivity contribution in [3.05, 3.63) is 0 Å². The molecule has 3 nitrogen and oxygen atoms in total. The smallest absolute Gasteiger partial charge is 1.00 e. The van der Waals surface area contributed by atoms with Gasteiger partial charge in [-0.25, -0.2) is 8.78 Å². The van der Waals surface area contributed by atoms with Crippen molar-refractivity contribution >= 4 is 7.32 Å². The summed E-state index contributed by atoms with van der Waals surface area (Å²) in [5.74, 6) is 0. The van der Waals surface area contributed by atoms with E-state index >= 15 is 0 Å². The van der Waals surface area contributed by atoms with E-state index in [9.17, 15) is 8.78 Å². The first-order valence-electron chi connectivity index (χ1n) is 1.31. The topological polar surface area (TPSA) is 60.7 Å². The maximum Gasteiger partial charge on any atom is 1.00 e. The Bertz CT molecular complexity index is 33.0. The van der Waals surface area contributed by atoms with Crippen LogP contribution in [0.4, 0.5) is 8.78 Å². The Kier molecular flexibility index (Phi) is 30.9. The van der Waals surface area contributed by atoms with Gasteiger partial charge in [-0.15, -0.1) is 0 Å². The summed E-state index contributed by atoms with van der Waals surface area (Å²) in [6, 6.07) is 0. The van der Waals surface area contributed by atoms with E-state index in [1.165, 1.54) is 0 Å². The molecule has 0 aliphatic rings. The zero-order valence-corrected chi connectivity index (χ0v) is 4.38. The summed E-state index contributed by atoms with van der Waals surface area (Å²) in [7, 11) is -2.17. The first-order valence-corrected chi connectivity index (χ1v) is 1.31. The second-order valence-electron chi connectivity index (χ2n) is 0.447. The molecule has 46 valence electrons. The van der Waals surface area contributed by atoms with Crippen LogP contribution in [0.5, 0.6) is 0 Å². The van der Waals surface area contributed by atoms with Crippen LogP contribution in [0.2, 0.25) is 0 Å². The number of hydrogen-bond acceptors (Lipinski definition) is 3. The Morgan fingerprint density at radius 1 is 1.25 bits per heavy atom. The van der Waals surface area contributed by atoms with E-state index in [0.717, 1.165) is 0 Å². The molecule has 0 aromatic rings. The van der Waals surface area contributed by atoms with Crippen LogP contribution in [0.3, 0.4) is 0 Å². The van der Waals surface area contributed by atoms with Gasteiger partial charge in [-0.3, -0.25) is 0 Å². The average molecular weight is 122 g/mol. The SMILES string of the molecule is FCF.OB(O)O.[H-].[Li+]. The quantitative estimate of drug-likeness (QED) is 0.286. The van der Waals surface area contributed by atoms with Gasteiger partial charge in [0.05, 0.1) is 0 Å².